The third kappa shape index (κ3) is 3.44. The Morgan fingerprint density at radius 1 is 1.04 bits per heavy atom. The summed E-state index contributed by atoms with van der Waals surface area (Å²) in [6.45, 7) is 2.39. The predicted molar refractivity (Wildman–Crippen MR) is 108 cm³/mol. The molecule has 0 fully saturated rings. The Labute approximate surface area is 162 Å². The van der Waals surface area contributed by atoms with Gasteiger partial charge in [0.2, 0.25) is 0 Å². The van der Waals surface area contributed by atoms with Gasteiger partial charge in [-0.1, -0.05) is 59.6 Å². The first-order chi connectivity index (χ1) is 13.1. The molecular formula is C22H18ClN3O. The molecule has 5 heteroatoms. The van der Waals surface area contributed by atoms with Gasteiger partial charge in [-0.05, 0) is 31.2 Å². The maximum Gasteiger partial charge on any atom is 0.251 e. The minimum atomic E-state index is -0.123. The quantitative estimate of drug-likeness (QED) is 0.551. The first-order valence-electron chi connectivity index (χ1n) is 8.69. The molecule has 2 aromatic heterocycles. The monoisotopic (exact) mass is 375 g/mol. The van der Waals surface area contributed by atoms with Gasteiger partial charge in [-0.2, -0.15) is 0 Å². The van der Waals surface area contributed by atoms with Gasteiger partial charge in [0.05, 0.1) is 23.0 Å². The standard InChI is InChI=1S/C22H18ClN3O/c1-15-9-11-16(12-10-15)20-19(26-13-5-8-18(23)21(26)25-20)14-24-22(27)17-6-3-2-4-7-17/h2-13H,14H2,1H3,(H,24,27). The van der Waals surface area contributed by atoms with Gasteiger partial charge >= 0.3 is 0 Å². The number of nitrogens with zero attached hydrogens (tertiary/aromatic N) is 2. The second-order valence-corrected chi connectivity index (χ2v) is 6.78. The first-order valence-corrected chi connectivity index (χ1v) is 9.07. The second-order valence-electron chi connectivity index (χ2n) is 6.37. The Balaban J connectivity index is 1.74. The highest BCUT2D eigenvalue weighted by Crippen LogP contribution is 2.28. The van der Waals surface area contributed by atoms with Crippen molar-refractivity contribution in [2.45, 2.75) is 13.5 Å². The lowest BCUT2D eigenvalue weighted by Gasteiger charge is -2.08. The zero-order chi connectivity index (χ0) is 18.8. The number of benzene rings is 2. The van der Waals surface area contributed by atoms with Crippen LogP contribution in [-0.4, -0.2) is 15.3 Å². The Bertz CT molecular complexity index is 1100. The van der Waals surface area contributed by atoms with Crippen molar-refractivity contribution in [1.82, 2.24) is 14.7 Å². The van der Waals surface area contributed by atoms with E-state index in [9.17, 15) is 4.79 Å². The summed E-state index contributed by atoms with van der Waals surface area (Å²) < 4.78 is 1.93. The van der Waals surface area contributed by atoms with E-state index in [-0.39, 0.29) is 5.91 Å². The lowest BCUT2D eigenvalue weighted by Crippen LogP contribution is -2.23. The number of aryl methyl sites for hydroxylation is 1. The molecule has 134 valence electrons. The van der Waals surface area contributed by atoms with E-state index in [1.807, 2.05) is 72.1 Å². The van der Waals surface area contributed by atoms with Crippen LogP contribution in [0.2, 0.25) is 5.02 Å². The average molecular weight is 376 g/mol. The fourth-order valence-electron chi connectivity index (χ4n) is 3.05. The molecule has 0 aliphatic rings. The molecule has 2 aromatic carbocycles. The number of hydrogen-bond acceptors (Lipinski definition) is 2. The smallest absolute Gasteiger partial charge is 0.251 e. The van der Waals surface area contributed by atoms with Crippen LogP contribution in [0.25, 0.3) is 16.9 Å². The van der Waals surface area contributed by atoms with E-state index in [1.54, 1.807) is 12.1 Å². The first kappa shape index (κ1) is 17.3. The highest BCUT2D eigenvalue weighted by Gasteiger charge is 2.16. The van der Waals surface area contributed by atoms with Gasteiger partial charge in [0, 0.05) is 17.3 Å². The number of nitrogens with one attached hydrogen (secondary N) is 1. The van der Waals surface area contributed by atoms with Crippen LogP contribution in [0.4, 0.5) is 0 Å². The molecule has 0 spiro atoms. The van der Waals surface area contributed by atoms with Crippen molar-refractivity contribution in [2.24, 2.45) is 0 Å². The molecule has 0 saturated heterocycles. The molecular weight excluding hydrogens is 358 g/mol. The molecule has 27 heavy (non-hydrogen) atoms. The van der Waals surface area contributed by atoms with Crippen LogP contribution in [0.1, 0.15) is 21.6 Å². The minimum Gasteiger partial charge on any atom is -0.346 e. The van der Waals surface area contributed by atoms with Crippen LogP contribution in [0.5, 0.6) is 0 Å². The number of rotatable bonds is 4. The van der Waals surface area contributed by atoms with Gasteiger partial charge in [0.1, 0.15) is 0 Å². The molecule has 0 atom stereocenters. The Hall–Kier alpha value is -3.11. The second kappa shape index (κ2) is 7.25. The van der Waals surface area contributed by atoms with Gasteiger partial charge in [0.25, 0.3) is 5.91 Å². The molecule has 4 rings (SSSR count). The zero-order valence-electron chi connectivity index (χ0n) is 14.8. The highest BCUT2D eigenvalue weighted by atomic mass is 35.5. The van der Waals surface area contributed by atoms with Crippen molar-refractivity contribution >= 4 is 23.2 Å². The number of fused-ring (bicyclic) bond motifs is 1. The summed E-state index contributed by atoms with van der Waals surface area (Å²) in [5.74, 6) is -0.123. The van der Waals surface area contributed by atoms with E-state index in [2.05, 4.69) is 5.32 Å². The summed E-state index contributed by atoms with van der Waals surface area (Å²) in [4.78, 5) is 17.2. The normalized spacial score (nSPS) is 10.9. The molecule has 4 nitrogen and oxygen atoms in total. The third-order valence-electron chi connectivity index (χ3n) is 4.48. The topological polar surface area (TPSA) is 46.4 Å². The number of carbonyl (C=O) groups excluding carboxylic acids is 1. The van der Waals surface area contributed by atoms with E-state index in [0.717, 1.165) is 17.0 Å². The molecule has 0 bridgehead atoms. The van der Waals surface area contributed by atoms with E-state index >= 15 is 0 Å². The van der Waals surface area contributed by atoms with Gasteiger partial charge in [-0.25, -0.2) is 4.98 Å². The van der Waals surface area contributed by atoms with E-state index < -0.39 is 0 Å². The fourth-order valence-corrected chi connectivity index (χ4v) is 3.26. The van der Waals surface area contributed by atoms with Crippen LogP contribution >= 0.6 is 11.6 Å². The summed E-state index contributed by atoms with van der Waals surface area (Å²) in [5.41, 5.74) is 5.18. The maximum atomic E-state index is 12.5. The molecule has 0 aliphatic heterocycles. The Kier molecular flexibility index (Phi) is 4.65. The molecule has 0 radical (unpaired) electrons. The average Bonchev–Trinajstić information content (AvgIpc) is 3.07. The molecule has 1 amide bonds. The van der Waals surface area contributed by atoms with Crippen LogP contribution in [0.15, 0.2) is 72.9 Å². The minimum absolute atomic E-state index is 0.123. The lowest BCUT2D eigenvalue weighted by molar-refractivity contribution is 0.0950. The number of hydrogen-bond donors (Lipinski definition) is 1. The van der Waals surface area contributed by atoms with Gasteiger partial charge in [-0.15, -0.1) is 0 Å². The lowest BCUT2D eigenvalue weighted by atomic mass is 10.1. The summed E-state index contributed by atoms with van der Waals surface area (Å²) in [7, 11) is 0. The molecule has 0 unspecified atom stereocenters. The number of imidazole rings is 1. The summed E-state index contributed by atoms with van der Waals surface area (Å²) in [5, 5.41) is 3.57. The highest BCUT2D eigenvalue weighted by molar-refractivity contribution is 6.33. The summed E-state index contributed by atoms with van der Waals surface area (Å²) in [6, 6.07) is 21.0. The largest absolute Gasteiger partial charge is 0.346 e. The number of halogens is 1. The molecule has 0 saturated carbocycles. The number of amides is 1. The third-order valence-corrected chi connectivity index (χ3v) is 4.77. The van der Waals surface area contributed by atoms with Crippen molar-refractivity contribution < 1.29 is 4.79 Å². The SMILES string of the molecule is Cc1ccc(-c2nc3c(Cl)cccn3c2CNC(=O)c2ccccc2)cc1. The van der Waals surface area contributed by atoms with Gasteiger partial charge < -0.3 is 9.72 Å². The van der Waals surface area contributed by atoms with Gasteiger partial charge in [0.15, 0.2) is 5.65 Å². The van der Waals surface area contributed by atoms with Crippen molar-refractivity contribution in [3.8, 4) is 11.3 Å². The molecule has 0 aliphatic carbocycles. The van der Waals surface area contributed by atoms with Crippen LogP contribution < -0.4 is 5.32 Å². The van der Waals surface area contributed by atoms with Crippen LogP contribution in [-0.2, 0) is 6.54 Å². The summed E-state index contributed by atoms with van der Waals surface area (Å²) in [6.07, 6.45) is 1.91. The molecule has 4 aromatic rings. The van der Waals surface area contributed by atoms with E-state index in [1.165, 1.54) is 5.56 Å². The fraction of sp³-hybridized carbons (Fsp3) is 0.0909. The molecule has 2 heterocycles. The van der Waals surface area contributed by atoms with Crippen LogP contribution in [0.3, 0.4) is 0 Å². The maximum absolute atomic E-state index is 12.5. The number of aromatic nitrogens is 2. The van der Waals surface area contributed by atoms with Crippen LogP contribution in [0, 0.1) is 6.92 Å². The van der Waals surface area contributed by atoms with Gasteiger partial charge in [-0.3, -0.25) is 4.79 Å². The Morgan fingerprint density at radius 3 is 2.52 bits per heavy atom. The predicted octanol–water partition coefficient (Wildman–Crippen LogP) is 4.89. The van der Waals surface area contributed by atoms with Crippen molar-refractivity contribution in [3.63, 3.8) is 0 Å². The number of pyridine rings is 1. The Morgan fingerprint density at radius 2 is 1.78 bits per heavy atom. The van der Waals surface area contributed by atoms with Crippen molar-refractivity contribution in [1.29, 1.82) is 0 Å². The zero-order valence-corrected chi connectivity index (χ0v) is 15.6. The molecule has 1 N–H and O–H groups in total. The number of carbonyl (C=O) groups is 1. The van der Waals surface area contributed by atoms with Crippen molar-refractivity contribution in [3.05, 3.63) is 94.8 Å². The van der Waals surface area contributed by atoms with E-state index in [0.29, 0.717) is 22.8 Å². The summed E-state index contributed by atoms with van der Waals surface area (Å²) >= 11 is 6.34. The van der Waals surface area contributed by atoms with Crippen molar-refractivity contribution in [2.75, 3.05) is 0 Å². The van der Waals surface area contributed by atoms with E-state index in [4.69, 9.17) is 16.6 Å².